The van der Waals surface area contributed by atoms with Gasteiger partial charge in [0.25, 0.3) is 0 Å². The molecule has 1 heterocycles. The minimum absolute atomic E-state index is 0.330. The van der Waals surface area contributed by atoms with Crippen LogP contribution < -0.4 is 10.6 Å². The first-order valence-corrected chi connectivity index (χ1v) is 6.96. The lowest BCUT2D eigenvalue weighted by Crippen LogP contribution is -2.30. The molecule has 102 valence electrons. The number of hydrogen-bond donors (Lipinski definition) is 1. The smallest absolute Gasteiger partial charge is 0.249 e. The van der Waals surface area contributed by atoms with E-state index in [1.165, 1.54) is 5.56 Å². The first-order valence-electron chi connectivity index (χ1n) is 6.96. The summed E-state index contributed by atoms with van der Waals surface area (Å²) in [4.78, 5) is 13.9. The monoisotopic (exact) mass is 266 g/mol. The molecule has 0 aliphatic carbocycles. The standard InChI is InChI=1S/C17H18N2O/c18-17(20)15-8-4-10-16-14(15)9-5-11-19(16)12-13-6-2-1-3-7-13/h1-4,6-8,10H,5,9,11-12H2,(H2,18,20). The minimum Gasteiger partial charge on any atom is -0.367 e. The minimum atomic E-state index is -0.330. The predicted octanol–water partition coefficient (Wildman–Crippen LogP) is 2.74. The normalized spacial score (nSPS) is 13.9. The fraction of sp³-hybridized carbons (Fsp3) is 0.235. The Kier molecular flexibility index (Phi) is 3.42. The van der Waals surface area contributed by atoms with Crippen LogP contribution in [0, 0.1) is 0 Å². The van der Waals surface area contributed by atoms with Gasteiger partial charge >= 0.3 is 0 Å². The lowest BCUT2D eigenvalue weighted by atomic mass is 9.95. The number of primary amides is 1. The van der Waals surface area contributed by atoms with Gasteiger partial charge in [-0.15, -0.1) is 0 Å². The van der Waals surface area contributed by atoms with Crippen LogP contribution in [0.1, 0.15) is 27.9 Å². The third-order valence-electron chi connectivity index (χ3n) is 3.83. The molecule has 2 aromatic carbocycles. The van der Waals surface area contributed by atoms with Gasteiger partial charge in [0, 0.05) is 24.3 Å². The molecule has 3 nitrogen and oxygen atoms in total. The summed E-state index contributed by atoms with van der Waals surface area (Å²) in [7, 11) is 0. The molecule has 20 heavy (non-hydrogen) atoms. The highest BCUT2D eigenvalue weighted by Gasteiger charge is 2.21. The van der Waals surface area contributed by atoms with Crippen molar-refractivity contribution in [2.45, 2.75) is 19.4 Å². The molecule has 0 saturated carbocycles. The number of amides is 1. The van der Waals surface area contributed by atoms with Gasteiger partial charge < -0.3 is 10.6 Å². The third kappa shape index (κ3) is 2.39. The highest BCUT2D eigenvalue weighted by Crippen LogP contribution is 2.30. The number of nitrogens with two attached hydrogens (primary N) is 1. The lowest BCUT2D eigenvalue weighted by Gasteiger charge is -2.32. The largest absolute Gasteiger partial charge is 0.367 e. The number of hydrogen-bond acceptors (Lipinski definition) is 2. The molecule has 1 aliphatic heterocycles. The summed E-state index contributed by atoms with van der Waals surface area (Å²) in [5.74, 6) is -0.330. The molecule has 0 radical (unpaired) electrons. The summed E-state index contributed by atoms with van der Waals surface area (Å²) in [5, 5.41) is 0. The van der Waals surface area contributed by atoms with Crippen LogP contribution in [0.15, 0.2) is 48.5 Å². The summed E-state index contributed by atoms with van der Waals surface area (Å²) < 4.78 is 0. The van der Waals surface area contributed by atoms with Crippen LogP contribution in [-0.2, 0) is 13.0 Å². The zero-order chi connectivity index (χ0) is 13.9. The van der Waals surface area contributed by atoms with E-state index in [1.807, 2.05) is 18.2 Å². The van der Waals surface area contributed by atoms with E-state index >= 15 is 0 Å². The molecule has 0 saturated heterocycles. The molecule has 1 amide bonds. The van der Waals surface area contributed by atoms with Crippen LogP contribution in [0.25, 0.3) is 0 Å². The molecule has 2 aromatic rings. The average Bonchev–Trinajstić information content (AvgIpc) is 2.48. The van der Waals surface area contributed by atoms with E-state index in [4.69, 9.17) is 5.73 Å². The molecular formula is C17H18N2O. The van der Waals surface area contributed by atoms with E-state index in [-0.39, 0.29) is 5.91 Å². The van der Waals surface area contributed by atoms with Gasteiger partial charge in [-0.25, -0.2) is 0 Å². The van der Waals surface area contributed by atoms with Crippen LogP contribution in [-0.4, -0.2) is 12.5 Å². The van der Waals surface area contributed by atoms with Gasteiger partial charge in [0.1, 0.15) is 0 Å². The highest BCUT2D eigenvalue weighted by molar-refractivity contribution is 5.96. The van der Waals surface area contributed by atoms with Crippen LogP contribution in [0.3, 0.4) is 0 Å². The zero-order valence-corrected chi connectivity index (χ0v) is 11.4. The SMILES string of the molecule is NC(=O)c1cccc2c1CCCN2Cc1ccccc1. The lowest BCUT2D eigenvalue weighted by molar-refractivity contribution is 0.0999. The van der Waals surface area contributed by atoms with E-state index in [0.717, 1.165) is 37.2 Å². The molecule has 1 aliphatic rings. The first-order chi connectivity index (χ1) is 9.75. The molecule has 0 fully saturated rings. The van der Waals surface area contributed by atoms with Crippen molar-refractivity contribution in [1.29, 1.82) is 0 Å². The molecular weight excluding hydrogens is 248 g/mol. The van der Waals surface area contributed by atoms with E-state index in [1.54, 1.807) is 0 Å². The molecule has 0 unspecified atom stereocenters. The fourth-order valence-corrected chi connectivity index (χ4v) is 2.90. The maximum atomic E-state index is 11.5. The fourth-order valence-electron chi connectivity index (χ4n) is 2.90. The summed E-state index contributed by atoms with van der Waals surface area (Å²) in [5.41, 5.74) is 9.68. The van der Waals surface area contributed by atoms with Crippen molar-refractivity contribution in [3.05, 3.63) is 65.2 Å². The van der Waals surface area contributed by atoms with Crippen molar-refractivity contribution in [2.75, 3.05) is 11.4 Å². The van der Waals surface area contributed by atoms with Crippen molar-refractivity contribution in [2.24, 2.45) is 5.73 Å². The second-order valence-electron chi connectivity index (χ2n) is 5.18. The zero-order valence-electron chi connectivity index (χ0n) is 11.4. The Bertz CT molecular complexity index is 622. The van der Waals surface area contributed by atoms with E-state index in [9.17, 15) is 4.79 Å². The van der Waals surface area contributed by atoms with Crippen molar-refractivity contribution < 1.29 is 4.79 Å². The molecule has 0 aromatic heterocycles. The van der Waals surface area contributed by atoms with Crippen molar-refractivity contribution in [3.63, 3.8) is 0 Å². The number of fused-ring (bicyclic) bond motifs is 1. The average molecular weight is 266 g/mol. The first kappa shape index (κ1) is 12.7. The Morgan fingerprint density at radius 1 is 1.10 bits per heavy atom. The Hall–Kier alpha value is -2.29. The van der Waals surface area contributed by atoms with Gasteiger partial charge in [-0.05, 0) is 36.1 Å². The number of nitrogens with zero attached hydrogens (tertiary/aromatic N) is 1. The Balaban J connectivity index is 1.94. The van der Waals surface area contributed by atoms with E-state index < -0.39 is 0 Å². The Morgan fingerprint density at radius 3 is 2.65 bits per heavy atom. The van der Waals surface area contributed by atoms with Crippen LogP contribution in [0.5, 0.6) is 0 Å². The second kappa shape index (κ2) is 5.37. The van der Waals surface area contributed by atoms with Gasteiger partial charge in [-0.3, -0.25) is 4.79 Å². The van der Waals surface area contributed by atoms with Gasteiger partial charge in [-0.1, -0.05) is 36.4 Å². The third-order valence-corrected chi connectivity index (χ3v) is 3.83. The van der Waals surface area contributed by atoms with Crippen LogP contribution in [0.4, 0.5) is 5.69 Å². The maximum Gasteiger partial charge on any atom is 0.249 e. The quantitative estimate of drug-likeness (QED) is 0.928. The maximum absolute atomic E-state index is 11.5. The van der Waals surface area contributed by atoms with Gasteiger partial charge in [0.15, 0.2) is 0 Å². The molecule has 3 rings (SSSR count). The van der Waals surface area contributed by atoms with E-state index in [0.29, 0.717) is 5.56 Å². The summed E-state index contributed by atoms with van der Waals surface area (Å²) in [6.45, 7) is 1.89. The van der Waals surface area contributed by atoms with Gasteiger partial charge in [0.05, 0.1) is 0 Å². The molecule has 0 bridgehead atoms. The van der Waals surface area contributed by atoms with Crippen LogP contribution in [0.2, 0.25) is 0 Å². The van der Waals surface area contributed by atoms with Crippen molar-refractivity contribution >= 4 is 11.6 Å². The highest BCUT2D eigenvalue weighted by atomic mass is 16.1. The number of carbonyl (C=O) groups excluding carboxylic acids is 1. The number of carbonyl (C=O) groups is 1. The van der Waals surface area contributed by atoms with Gasteiger partial charge in [-0.2, -0.15) is 0 Å². The van der Waals surface area contributed by atoms with Crippen LogP contribution >= 0.6 is 0 Å². The number of anilines is 1. The molecule has 0 spiro atoms. The van der Waals surface area contributed by atoms with E-state index in [2.05, 4.69) is 35.2 Å². The van der Waals surface area contributed by atoms with Crippen molar-refractivity contribution in [3.8, 4) is 0 Å². The van der Waals surface area contributed by atoms with Crippen molar-refractivity contribution in [1.82, 2.24) is 0 Å². The second-order valence-corrected chi connectivity index (χ2v) is 5.18. The Morgan fingerprint density at radius 2 is 1.90 bits per heavy atom. The number of benzene rings is 2. The molecule has 2 N–H and O–H groups in total. The molecule has 3 heteroatoms. The summed E-state index contributed by atoms with van der Waals surface area (Å²) >= 11 is 0. The van der Waals surface area contributed by atoms with Gasteiger partial charge in [0.2, 0.25) is 5.91 Å². The number of rotatable bonds is 3. The summed E-state index contributed by atoms with van der Waals surface area (Å²) in [6.07, 6.45) is 1.99. The topological polar surface area (TPSA) is 46.3 Å². The summed E-state index contributed by atoms with van der Waals surface area (Å²) in [6, 6.07) is 16.2. The Labute approximate surface area is 119 Å². The molecule has 0 atom stereocenters. The predicted molar refractivity (Wildman–Crippen MR) is 80.8 cm³/mol.